The number of pyridine rings is 1. The molecule has 0 aliphatic heterocycles. The normalized spacial score (nSPS) is 9.17. The SMILES string of the molecule is Cc1cc[n+](CCCI)cc1.[I-]. The van der Waals surface area contributed by atoms with Crippen molar-refractivity contribution in [2.75, 3.05) is 4.43 Å². The van der Waals surface area contributed by atoms with Crippen molar-refractivity contribution in [3.05, 3.63) is 30.1 Å². The molecule has 0 spiro atoms. The minimum Gasteiger partial charge on any atom is -1.00 e. The Bertz CT molecular complexity index is 208. The molecule has 1 heterocycles. The summed E-state index contributed by atoms with van der Waals surface area (Å²) in [7, 11) is 0. The first-order valence-corrected chi connectivity index (χ1v) is 5.37. The van der Waals surface area contributed by atoms with Crippen LogP contribution in [0.5, 0.6) is 0 Å². The third-order valence-electron chi connectivity index (χ3n) is 1.61. The van der Waals surface area contributed by atoms with E-state index >= 15 is 0 Å². The van der Waals surface area contributed by atoms with E-state index in [1.807, 2.05) is 0 Å². The monoisotopic (exact) mass is 389 g/mol. The minimum absolute atomic E-state index is 0. The van der Waals surface area contributed by atoms with E-state index in [0.29, 0.717) is 0 Å². The highest BCUT2D eigenvalue weighted by Gasteiger charge is 1.96. The molecule has 0 aliphatic carbocycles. The van der Waals surface area contributed by atoms with Crippen molar-refractivity contribution in [3.63, 3.8) is 0 Å². The molecular formula is C9H13I2N. The second kappa shape index (κ2) is 7.06. The Morgan fingerprint density at radius 2 is 1.92 bits per heavy atom. The summed E-state index contributed by atoms with van der Waals surface area (Å²) < 4.78 is 3.46. The molecule has 0 atom stereocenters. The number of hydrogen-bond acceptors (Lipinski definition) is 0. The summed E-state index contributed by atoms with van der Waals surface area (Å²) in [5.74, 6) is 0. The first-order chi connectivity index (χ1) is 5.33. The molecule has 0 fully saturated rings. The van der Waals surface area contributed by atoms with Gasteiger partial charge in [-0.1, -0.05) is 22.6 Å². The molecule has 0 bridgehead atoms. The Kier molecular flexibility index (Phi) is 7.41. The zero-order valence-electron chi connectivity index (χ0n) is 7.13. The third kappa shape index (κ3) is 4.59. The van der Waals surface area contributed by atoms with Gasteiger partial charge in [0, 0.05) is 23.0 Å². The highest BCUT2D eigenvalue weighted by Crippen LogP contribution is 1.91. The van der Waals surface area contributed by atoms with Gasteiger partial charge >= 0.3 is 0 Å². The van der Waals surface area contributed by atoms with Crippen molar-refractivity contribution in [2.45, 2.75) is 19.9 Å². The van der Waals surface area contributed by atoms with E-state index < -0.39 is 0 Å². The molecule has 0 saturated heterocycles. The summed E-state index contributed by atoms with van der Waals surface area (Å²) in [4.78, 5) is 0. The quantitative estimate of drug-likeness (QED) is 0.359. The van der Waals surface area contributed by atoms with Crippen LogP contribution in [0.4, 0.5) is 0 Å². The lowest BCUT2D eigenvalue weighted by molar-refractivity contribution is -0.696. The second-order valence-corrected chi connectivity index (χ2v) is 3.73. The van der Waals surface area contributed by atoms with Crippen LogP contribution in [0.25, 0.3) is 0 Å². The van der Waals surface area contributed by atoms with Gasteiger partial charge in [0.05, 0.1) is 0 Å². The molecule has 0 aliphatic rings. The number of halogens is 2. The molecule has 0 radical (unpaired) electrons. The van der Waals surface area contributed by atoms with Crippen molar-refractivity contribution in [3.8, 4) is 0 Å². The molecule has 0 saturated carbocycles. The third-order valence-corrected chi connectivity index (χ3v) is 2.37. The molecule has 0 N–H and O–H groups in total. The molecule has 0 unspecified atom stereocenters. The fourth-order valence-electron chi connectivity index (χ4n) is 0.923. The van der Waals surface area contributed by atoms with Gasteiger partial charge in [-0.15, -0.1) is 0 Å². The molecule has 68 valence electrons. The van der Waals surface area contributed by atoms with E-state index in [4.69, 9.17) is 0 Å². The fourth-order valence-corrected chi connectivity index (χ4v) is 1.26. The maximum Gasteiger partial charge on any atom is 0.169 e. The largest absolute Gasteiger partial charge is 1.00 e. The van der Waals surface area contributed by atoms with E-state index in [9.17, 15) is 0 Å². The Morgan fingerprint density at radius 3 is 2.42 bits per heavy atom. The average Bonchev–Trinajstić information content (AvgIpc) is 2.04. The van der Waals surface area contributed by atoms with E-state index in [2.05, 4.69) is 58.6 Å². The number of rotatable bonds is 3. The molecule has 1 aromatic rings. The highest BCUT2D eigenvalue weighted by molar-refractivity contribution is 14.1. The second-order valence-electron chi connectivity index (χ2n) is 2.66. The van der Waals surface area contributed by atoms with E-state index in [0.717, 1.165) is 6.54 Å². The number of alkyl halides is 1. The van der Waals surface area contributed by atoms with Gasteiger partial charge < -0.3 is 24.0 Å². The predicted molar refractivity (Wildman–Crippen MR) is 54.9 cm³/mol. The van der Waals surface area contributed by atoms with Gasteiger partial charge in [-0.3, -0.25) is 0 Å². The van der Waals surface area contributed by atoms with Crippen LogP contribution in [0.3, 0.4) is 0 Å². The molecule has 12 heavy (non-hydrogen) atoms. The van der Waals surface area contributed by atoms with Crippen molar-refractivity contribution < 1.29 is 28.5 Å². The Balaban J connectivity index is 0.00000121. The Morgan fingerprint density at radius 1 is 1.33 bits per heavy atom. The molecule has 0 amide bonds. The maximum atomic E-state index is 2.41. The number of aromatic nitrogens is 1. The van der Waals surface area contributed by atoms with Gasteiger partial charge in [-0.25, -0.2) is 4.57 Å². The van der Waals surface area contributed by atoms with Crippen LogP contribution in [0.15, 0.2) is 24.5 Å². The number of nitrogens with zero attached hydrogens (tertiary/aromatic N) is 1. The van der Waals surface area contributed by atoms with Crippen LogP contribution < -0.4 is 28.5 Å². The van der Waals surface area contributed by atoms with Crippen molar-refractivity contribution in [1.29, 1.82) is 0 Å². The van der Waals surface area contributed by atoms with Gasteiger partial charge in [-0.05, 0) is 12.5 Å². The molecule has 1 rings (SSSR count). The molecule has 3 heteroatoms. The van der Waals surface area contributed by atoms with Gasteiger partial charge in [0.1, 0.15) is 6.54 Å². The highest BCUT2D eigenvalue weighted by atomic mass is 127. The first kappa shape index (κ1) is 12.6. The summed E-state index contributed by atoms with van der Waals surface area (Å²) in [6.07, 6.45) is 5.54. The molecule has 1 aromatic heterocycles. The standard InChI is InChI=1S/C9H13IN.HI/c1-9-3-7-11(8-4-9)6-2-5-10;/h3-4,7-8H,2,5-6H2,1H3;1H/q+1;/p-1. The van der Waals surface area contributed by atoms with Gasteiger partial charge in [0.15, 0.2) is 12.4 Å². The van der Waals surface area contributed by atoms with Crippen LogP contribution >= 0.6 is 22.6 Å². The molecular weight excluding hydrogens is 376 g/mol. The maximum absolute atomic E-state index is 2.41. The van der Waals surface area contributed by atoms with Crippen LogP contribution in [0, 0.1) is 6.92 Å². The topological polar surface area (TPSA) is 3.88 Å². The lowest BCUT2D eigenvalue weighted by atomic mass is 10.3. The van der Waals surface area contributed by atoms with Crippen molar-refractivity contribution in [2.24, 2.45) is 0 Å². The molecule has 1 nitrogen and oxygen atoms in total. The fraction of sp³-hybridized carbons (Fsp3) is 0.444. The summed E-state index contributed by atoms with van der Waals surface area (Å²) >= 11 is 2.41. The first-order valence-electron chi connectivity index (χ1n) is 3.84. The number of hydrogen-bond donors (Lipinski definition) is 0. The van der Waals surface area contributed by atoms with E-state index in [1.165, 1.54) is 16.4 Å². The zero-order valence-corrected chi connectivity index (χ0v) is 11.4. The summed E-state index contributed by atoms with van der Waals surface area (Å²) in [6.45, 7) is 3.26. The smallest absolute Gasteiger partial charge is 0.169 e. The van der Waals surface area contributed by atoms with Crippen LogP contribution in [0.1, 0.15) is 12.0 Å². The Labute approximate surface area is 105 Å². The number of aryl methyl sites for hydroxylation is 2. The summed E-state index contributed by atoms with van der Waals surface area (Å²) in [6, 6.07) is 4.29. The van der Waals surface area contributed by atoms with E-state index in [-0.39, 0.29) is 24.0 Å². The van der Waals surface area contributed by atoms with Crippen molar-refractivity contribution >= 4 is 22.6 Å². The summed E-state index contributed by atoms with van der Waals surface area (Å²) in [5.41, 5.74) is 1.33. The predicted octanol–water partition coefficient (Wildman–Crippen LogP) is -0.888. The Hall–Kier alpha value is 0.610. The van der Waals surface area contributed by atoms with E-state index in [1.54, 1.807) is 0 Å². The van der Waals surface area contributed by atoms with Crippen molar-refractivity contribution in [1.82, 2.24) is 0 Å². The van der Waals surface area contributed by atoms with Crippen LogP contribution in [-0.2, 0) is 6.54 Å². The lowest BCUT2D eigenvalue weighted by Gasteiger charge is -1.93. The molecule has 0 aromatic carbocycles. The van der Waals surface area contributed by atoms with Gasteiger partial charge in [0.2, 0.25) is 0 Å². The minimum atomic E-state index is 0. The van der Waals surface area contributed by atoms with Crippen LogP contribution in [-0.4, -0.2) is 4.43 Å². The summed E-state index contributed by atoms with van der Waals surface area (Å²) in [5, 5.41) is 0. The van der Waals surface area contributed by atoms with Gasteiger partial charge in [-0.2, -0.15) is 0 Å². The zero-order chi connectivity index (χ0) is 8.10. The average molecular weight is 389 g/mol. The lowest BCUT2D eigenvalue weighted by Crippen LogP contribution is -3.00. The van der Waals surface area contributed by atoms with Crippen LogP contribution in [0.2, 0.25) is 0 Å². The van der Waals surface area contributed by atoms with Gasteiger partial charge in [0.25, 0.3) is 0 Å².